The molecule has 1 saturated carbocycles. The van der Waals surface area contributed by atoms with Crippen molar-refractivity contribution in [1.29, 1.82) is 0 Å². The molecule has 0 unspecified atom stereocenters. The summed E-state index contributed by atoms with van der Waals surface area (Å²) in [5.41, 5.74) is 7.56. The van der Waals surface area contributed by atoms with Crippen molar-refractivity contribution in [2.75, 3.05) is 12.8 Å². The summed E-state index contributed by atoms with van der Waals surface area (Å²) in [6, 6.07) is 5.71. The first kappa shape index (κ1) is 10.3. The summed E-state index contributed by atoms with van der Waals surface area (Å²) >= 11 is 0. The van der Waals surface area contributed by atoms with Crippen LogP contribution in [0.25, 0.3) is 0 Å². The van der Waals surface area contributed by atoms with Crippen LogP contribution in [0.2, 0.25) is 0 Å². The van der Waals surface area contributed by atoms with Crippen molar-refractivity contribution in [3.63, 3.8) is 0 Å². The molecule has 1 aromatic carbocycles. The highest BCUT2D eigenvalue weighted by Crippen LogP contribution is 2.24. The summed E-state index contributed by atoms with van der Waals surface area (Å²) in [7, 11) is 1.64. The van der Waals surface area contributed by atoms with Gasteiger partial charge in [0, 0.05) is 11.8 Å². The molecule has 1 aliphatic carbocycles. The Morgan fingerprint density at radius 3 is 2.73 bits per heavy atom. The number of nitrogens with two attached hydrogens (primary N) is 1. The zero-order valence-electron chi connectivity index (χ0n) is 9.03. The van der Waals surface area contributed by atoms with Gasteiger partial charge in [-0.15, -0.1) is 0 Å². The predicted octanol–water partition coefficient (Wildman–Crippen LogP) is 2.35. The number of hydrogen-bond donors (Lipinski definition) is 1. The summed E-state index contributed by atoms with van der Waals surface area (Å²) in [5, 5.41) is 0. The van der Waals surface area contributed by atoms with Crippen molar-refractivity contribution < 1.29 is 9.47 Å². The van der Waals surface area contributed by atoms with Gasteiger partial charge >= 0.3 is 0 Å². The van der Waals surface area contributed by atoms with Crippen molar-refractivity contribution in [2.24, 2.45) is 0 Å². The molecule has 0 saturated heterocycles. The van der Waals surface area contributed by atoms with Crippen LogP contribution in [0.1, 0.15) is 24.8 Å². The van der Waals surface area contributed by atoms with E-state index in [1.54, 1.807) is 7.11 Å². The van der Waals surface area contributed by atoms with E-state index in [0.717, 1.165) is 17.0 Å². The topological polar surface area (TPSA) is 44.5 Å². The Morgan fingerprint density at radius 1 is 1.33 bits per heavy atom. The zero-order chi connectivity index (χ0) is 10.7. The lowest BCUT2D eigenvalue weighted by Gasteiger charge is -2.25. The third-order valence-corrected chi connectivity index (χ3v) is 2.76. The second kappa shape index (κ2) is 4.53. The molecule has 0 aromatic heterocycles. The van der Waals surface area contributed by atoms with E-state index in [1.807, 2.05) is 18.2 Å². The molecule has 15 heavy (non-hydrogen) atoms. The fraction of sp³-hybridized carbons (Fsp3) is 0.500. The first-order valence-corrected chi connectivity index (χ1v) is 5.33. The Bertz CT molecular complexity index is 334. The van der Waals surface area contributed by atoms with Crippen LogP contribution in [0.4, 0.5) is 5.69 Å². The first-order valence-electron chi connectivity index (χ1n) is 5.33. The summed E-state index contributed by atoms with van der Waals surface area (Å²) in [5.74, 6) is 0.794. The smallest absolute Gasteiger partial charge is 0.121 e. The SMILES string of the molecule is COc1cc(N)cc(COC2CCC2)c1. The van der Waals surface area contributed by atoms with E-state index in [9.17, 15) is 0 Å². The van der Waals surface area contributed by atoms with E-state index in [0.29, 0.717) is 12.7 Å². The molecule has 2 rings (SSSR count). The van der Waals surface area contributed by atoms with Gasteiger partial charge in [0.25, 0.3) is 0 Å². The normalized spacial score (nSPS) is 16.1. The maximum Gasteiger partial charge on any atom is 0.121 e. The number of benzene rings is 1. The van der Waals surface area contributed by atoms with Crippen LogP contribution in [-0.4, -0.2) is 13.2 Å². The Morgan fingerprint density at radius 2 is 2.13 bits per heavy atom. The molecule has 2 N–H and O–H groups in total. The molecule has 3 heteroatoms. The molecule has 0 heterocycles. The molecule has 1 aromatic rings. The largest absolute Gasteiger partial charge is 0.497 e. The van der Waals surface area contributed by atoms with Crippen molar-refractivity contribution in [2.45, 2.75) is 32.0 Å². The number of methoxy groups -OCH3 is 1. The molecule has 1 aliphatic rings. The van der Waals surface area contributed by atoms with Gasteiger partial charge in [-0.1, -0.05) is 0 Å². The number of anilines is 1. The summed E-state index contributed by atoms with van der Waals surface area (Å²) in [6.45, 7) is 0.631. The van der Waals surface area contributed by atoms with E-state index in [1.165, 1.54) is 19.3 Å². The quantitative estimate of drug-likeness (QED) is 0.771. The number of hydrogen-bond acceptors (Lipinski definition) is 3. The van der Waals surface area contributed by atoms with E-state index in [-0.39, 0.29) is 0 Å². The third kappa shape index (κ3) is 2.63. The molecular weight excluding hydrogens is 190 g/mol. The lowest BCUT2D eigenvalue weighted by atomic mass is 9.96. The van der Waals surface area contributed by atoms with Crippen molar-refractivity contribution in [3.8, 4) is 5.75 Å². The molecule has 1 fully saturated rings. The van der Waals surface area contributed by atoms with Crippen molar-refractivity contribution in [3.05, 3.63) is 23.8 Å². The van der Waals surface area contributed by atoms with E-state index in [4.69, 9.17) is 15.2 Å². The molecule has 0 radical (unpaired) electrons. The summed E-state index contributed by atoms with van der Waals surface area (Å²) in [4.78, 5) is 0. The van der Waals surface area contributed by atoms with Crippen LogP contribution < -0.4 is 10.5 Å². The second-order valence-corrected chi connectivity index (χ2v) is 3.98. The Hall–Kier alpha value is -1.22. The number of nitrogen functional groups attached to an aromatic ring is 1. The highest BCUT2D eigenvalue weighted by molar-refractivity contribution is 5.47. The van der Waals surface area contributed by atoms with Crippen LogP contribution >= 0.6 is 0 Å². The van der Waals surface area contributed by atoms with Gasteiger partial charge in [-0.25, -0.2) is 0 Å². The fourth-order valence-electron chi connectivity index (χ4n) is 1.64. The van der Waals surface area contributed by atoms with Gasteiger partial charge in [0.2, 0.25) is 0 Å². The Kier molecular flexibility index (Phi) is 3.11. The minimum absolute atomic E-state index is 0.456. The first-order chi connectivity index (χ1) is 7.28. The summed E-state index contributed by atoms with van der Waals surface area (Å²) in [6.07, 6.45) is 4.14. The zero-order valence-corrected chi connectivity index (χ0v) is 9.03. The summed E-state index contributed by atoms with van der Waals surface area (Å²) < 4.78 is 10.9. The number of rotatable bonds is 4. The van der Waals surface area contributed by atoms with E-state index < -0.39 is 0 Å². The lowest BCUT2D eigenvalue weighted by molar-refractivity contribution is -0.00869. The molecule has 3 nitrogen and oxygen atoms in total. The Labute approximate surface area is 90.2 Å². The van der Waals surface area contributed by atoms with E-state index in [2.05, 4.69) is 0 Å². The maximum atomic E-state index is 5.75. The lowest BCUT2D eigenvalue weighted by Crippen LogP contribution is -2.21. The van der Waals surface area contributed by atoms with Crippen LogP contribution in [0, 0.1) is 0 Å². The molecule has 82 valence electrons. The third-order valence-electron chi connectivity index (χ3n) is 2.76. The van der Waals surface area contributed by atoms with Gasteiger partial charge < -0.3 is 15.2 Å². The second-order valence-electron chi connectivity index (χ2n) is 3.98. The van der Waals surface area contributed by atoms with Crippen LogP contribution in [0.5, 0.6) is 5.75 Å². The van der Waals surface area contributed by atoms with Gasteiger partial charge in [-0.05, 0) is 37.0 Å². The fourth-order valence-corrected chi connectivity index (χ4v) is 1.64. The minimum Gasteiger partial charge on any atom is -0.497 e. The van der Waals surface area contributed by atoms with Gasteiger partial charge in [-0.2, -0.15) is 0 Å². The molecule has 0 aliphatic heterocycles. The van der Waals surface area contributed by atoms with E-state index >= 15 is 0 Å². The van der Waals surface area contributed by atoms with Crippen molar-refractivity contribution >= 4 is 5.69 Å². The van der Waals surface area contributed by atoms with Crippen LogP contribution in [0.15, 0.2) is 18.2 Å². The number of ether oxygens (including phenoxy) is 2. The molecular formula is C12H17NO2. The standard InChI is InChI=1S/C12H17NO2/c1-14-12-6-9(5-10(13)7-12)8-15-11-3-2-4-11/h5-7,11H,2-4,8,13H2,1H3. The van der Waals surface area contributed by atoms with Crippen LogP contribution in [0.3, 0.4) is 0 Å². The molecule has 0 amide bonds. The molecule has 0 spiro atoms. The minimum atomic E-state index is 0.456. The van der Waals surface area contributed by atoms with Gasteiger partial charge in [0.05, 0.1) is 19.8 Å². The molecule has 0 atom stereocenters. The maximum absolute atomic E-state index is 5.75. The monoisotopic (exact) mass is 207 g/mol. The van der Waals surface area contributed by atoms with Crippen LogP contribution in [-0.2, 0) is 11.3 Å². The highest BCUT2D eigenvalue weighted by atomic mass is 16.5. The average molecular weight is 207 g/mol. The van der Waals surface area contributed by atoms with Gasteiger partial charge in [0.1, 0.15) is 5.75 Å². The highest BCUT2D eigenvalue weighted by Gasteiger charge is 2.17. The van der Waals surface area contributed by atoms with Crippen molar-refractivity contribution in [1.82, 2.24) is 0 Å². The van der Waals surface area contributed by atoms with Gasteiger partial charge in [0.15, 0.2) is 0 Å². The predicted molar refractivity (Wildman–Crippen MR) is 59.8 cm³/mol. The Balaban J connectivity index is 1.96. The average Bonchev–Trinajstić information content (AvgIpc) is 2.14. The van der Waals surface area contributed by atoms with Gasteiger partial charge in [-0.3, -0.25) is 0 Å². The molecule has 0 bridgehead atoms.